The van der Waals surface area contributed by atoms with Gasteiger partial charge in [-0.25, -0.2) is 13.1 Å². The van der Waals surface area contributed by atoms with E-state index < -0.39 is 10.0 Å². The standard InChI is InChI=1S/C7H18N2O2S.I2/c1-6(8-3)5-7(2)9-12(4,10)11;1-2/h6-9H,5H2,1-4H3;. The number of hydrogen-bond acceptors (Lipinski definition) is 3. The van der Waals surface area contributed by atoms with Crippen molar-refractivity contribution in [1.29, 1.82) is 0 Å². The van der Waals surface area contributed by atoms with Gasteiger partial charge in [-0.2, -0.15) is 0 Å². The Hall–Kier alpha value is 1.33. The van der Waals surface area contributed by atoms with Crippen LogP contribution in [0, 0.1) is 0 Å². The van der Waals surface area contributed by atoms with Gasteiger partial charge in [0.05, 0.1) is 6.26 Å². The Kier molecular flexibility index (Phi) is 12.1. The van der Waals surface area contributed by atoms with Crippen LogP contribution in [0.5, 0.6) is 0 Å². The molecule has 2 atom stereocenters. The monoisotopic (exact) mass is 448 g/mol. The number of hydrogen-bond donors (Lipinski definition) is 2. The molecule has 0 aromatic heterocycles. The van der Waals surface area contributed by atoms with Crippen molar-refractivity contribution in [3.05, 3.63) is 0 Å². The van der Waals surface area contributed by atoms with Gasteiger partial charge in [0.25, 0.3) is 0 Å². The molecule has 14 heavy (non-hydrogen) atoms. The van der Waals surface area contributed by atoms with E-state index in [1.807, 2.05) is 20.9 Å². The van der Waals surface area contributed by atoms with Gasteiger partial charge in [0, 0.05) is 49.3 Å². The third-order valence-electron chi connectivity index (χ3n) is 1.62. The topological polar surface area (TPSA) is 58.2 Å². The second kappa shape index (κ2) is 9.55. The van der Waals surface area contributed by atoms with Crippen LogP contribution in [0.25, 0.3) is 0 Å². The Morgan fingerprint density at radius 1 is 1.21 bits per heavy atom. The van der Waals surface area contributed by atoms with Crippen molar-refractivity contribution in [2.24, 2.45) is 0 Å². The van der Waals surface area contributed by atoms with Crippen molar-refractivity contribution >= 4 is 47.3 Å². The fourth-order valence-electron chi connectivity index (χ4n) is 1.06. The van der Waals surface area contributed by atoms with Crippen molar-refractivity contribution in [3.63, 3.8) is 0 Å². The van der Waals surface area contributed by atoms with Crippen molar-refractivity contribution in [1.82, 2.24) is 10.0 Å². The molecule has 0 aliphatic heterocycles. The minimum atomic E-state index is -3.05. The van der Waals surface area contributed by atoms with Crippen LogP contribution < -0.4 is 10.0 Å². The Bertz CT molecular complexity index is 222. The maximum Gasteiger partial charge on any atom is 0.208 e. The molecule has 0 aliphatic carbocycles. The summed E-state index contributed by atoms with van der Waals surface area (Å²) in [5.41, 5.74) is 0. The lowest BCUT2D eigenvalue weighted by Crippen LogP contribution is -2.36. The van der Waals surface area contributed by atoms with Crippen molar-refractivity contribution in [3.8, 4) is 0 Å². The van der Waals surface area contributed by atoms with Crippen molar-refractivity contribution in [2.75, 3.05) is 13.3 Å². The highest BCUT2D eigenvalue weighted by molar-refractivity contribution is 15.0. The third-order valence-corrected chi connectivity index (χ3v) is 2.45. The van der Waals surface area contributed by atoms with Gasteiger partial charge in [-0.15, -0.1) is 0 Å². The molecular weight excluding hydrogens is 430 g/mol. The highest BCUT2D eigenvalue weighted by Gasteiger charge is 2.10. The first kappa shape index (κ1) is 17.7. The van der Waals surface area contributed by atoms with E-state index in [2.05, 4.69) is 47.3 Å². The molecule has 0 spiro atoms. The largest absolute Gasteiger partial charge is 0.317 e. The second-order valence-corrected chi connectivity index (χ2v) is 5.00. The van der Waals surface area contributed by atoms with Crippen LogP contribution in [-0.4, -0.2) is 33.8 Å². The number of nitrogens with one attached hydrogen (secondary N) is 2. The lowest BCUT2D eigenvalue weighted by atomic mass is 10.1. The number of halogens is 2. The Morgan fingerprint density at radius 3 is 1.93 bits per heavy atom. The molecule has 0 aromatic rings. The lowest BCUT2D eigenvalue weighted by Gasteiger charge is -2.16. The Balaban J connectivity index is 0. The molecule has 0 rings (SSSR count). The van der Waals surface area contributed by atoms with Gasteiger partial charge in [0.1, 0.15) is 0 Å². The van der Waals surface area contributed by atoms with Gasteiger partial charge >= 0.3 is 0 Å². The predicted molar refractivity (Wildman–Crippen MR) is 78.6 cm³/mol. The van der Waals surface area contributed by atoms with Gasteiger partial charge in [-0.05, 0) is 27.3 Å². The summed E-state index contributed by atoms with van der Waals surface area (Å²) in [6.07, 6.45) is 1.97. The molecule has 0 radical (unpaired) electrons. The van der Waals surface area contributed by atoms with Crippen LogP contribution >= 0.6 is 37.2 Å². The fraction of sp³-hybridized carbons (Fsp3) is 1.00. The molecule has 0 fully saturated rings. The number of sulfonamides is 1. The van der Waals surface area contributed by atoms with E-state index in [1.54, 1.807) is 0 Å². The highest BCUT2D eigenvalue weighted by atomic mass is 128. The van der Waals surface area contributed by atoms with Crippen molar-refractivity contribution < 1.29 is 8.42 Å². The molecular formula is C7H18I2N2O2S. The summed E-state index contributed by atoms with van der Waals surface area (Å²) in [5.74, 6) is 0. The molecule has 88 valence electrons. The van der Waals surface area contributed by atoms with Gasteiger partial charge < -0.3 is 5.32 Å². The fourth-order valence-corrected chi connectivity index (χ4v) is 1.89. The van der Waals surface area contributed by atoms with Crippen LogP contribution in [0.1, 0.15) is 20.3 Å². The maximum absolute atomic E-state index is 10.8. The zero-order valence-corrected chi connectivity index (χ0v) is 14.0. The van der Waals surface area contributed by atoms with Gasteiger partial charge in [-0.3, -0.25) is 0 Å². The zero-order valence-electron chi connectivity index (χ0n) is 8.84. The normalized spacial score (nSPS) is 15.3. The molecule has 0 saturated carbocycles. The quantitative estimate of drug-likeness (QED) is 0.630. The summed E-state index contributed by atoms with van der Waals surface area (Å²) in [6.45, 7) is 3.87. The van der Waals surface area contributed by atoms with E-state index >= 15 is 0 Å². The first-order valence-corrected chi connectivity index (χ1v) is 12.3. The highest BCUT2D eigenvalue weighted by Crippen LogP contribution is 1.97. The average Bonchev–Trinajstić information content (AvgIpc) is 2.04. The van der Waals surface area contributed by atoms with Gasteiger partial charge in [0.15, 0.2) is 0 Å². The van der Waals surface area contributed by atoms with E-state index in [1.165, 1.54) is 6.26 Å². The van der Waals surface area contributed by atoms with E-state index in [-0.39, 0.29) is 6.04 Å². The molecule has 0 heterocycles. The van der Waals surface area contributed by atoms with Gasteiger partial charge in [0.2, 0.25) is 10.0 Å². The van der Waals surface area contributed by atoms with Crippen LogP contribution in [0.4, 0.5) is 0 Å². The van der Waals surface area contributed by atoms with Crippen LogP contribution in [0.2, 0.25) is 0 Å². The smallest absolute Gasteiger partial charge is 0.208 e. The molecule has 2 unspecified atom stereocenters. The molecule has 2 N–H and O–H groups in total. The molecule has 0 aliphatic rings. The minimum Gasteiger partial charge on any atom is -0.317 e. The lowest BCUT2D eigenvalue weighted by molar-refractivity contribution is 0.483. The Morgan fingerprint density at radius 2 is 1.64 bits per heavy atom. The SMILES string of the molecule is CNC(C)CC(C)NS(C)(=O)=O.II. The van der Waals surface area contributed by atoms with E-state index in [4.69, 9.17) is 0 Å². The summed E-state index contributed by atoms with van der Waals surface area (Å²) in [6, 6.07) is 0.316. The molecule has 0 saturated heterocycles. The summed E-state index contributed by atoms with van der Waals surface area (Å²) >= 11 is 4.24. The van der Waals surface area contributed by atoms with E-state index in [9.17, 15) is 8.42 Å². The van der Waals surface area contributed by atoms with Gasteiger partial charge in [-0.1, -0.05) is 0 Å². The summed E-state index contributed by atoms with van der Waals surface area (Å²) in [5, 5.41) is 3.05. The summed E-state index contributed by atoms with van der Waals surface area (Å²) in [7, 11) is -1.20. The molecule has 4 nitrogen and oxygen atoms in total. The van der Waals surface area contributed by atoms with Crippen molar-refractivity contribution in [2.45, 2.75) is 32.4 Å². The van der Waals surface area contributed by atoms with Crippen LogP contribution in [0.3, 0.4) is 0 Å². The first-order chi connectivity index (χ1) is 6.35. The molecule has 0 amide bonds. The predicted octanol–water partition coefficient (Wildman–Crippen LogP) is 1.69. The third kappa shape index (κ3) is 13.3. The molecule has 0 bridgehead atoms. The molecule has 7 heteroatoms. The van der Waals surface area contributed by atoms with Crippen LogP contribution in [-0.2, 0) is 10.0 Å². The maximum atomic E-state index is 10.8. The number of rotatable bonds is 5. The van der Waals surface area contributed by atoms with E-state index in [0.29, 0.717) is 6.04 Å². The summed E-state index contributed by atoms with van der Waals surface area (Å²) < 4.78 is 24.1. The second-order valence-electron chi connectivity index (χ2n) is 3.22. The minimum absolute atomic E-state index is 0.0116. The van der Waals surface area contributed by atoms with Crippen LogP contribution in [0.15, 0.2) is 0 Å². The van der Waals surface area contributed by atoms with E-state index in [0.717, 1.165) is 6.42 Å². The first-order valence-electron chi connectivity index (χ1n) is 4.14. The zero-order chi connectivity index (χ0) is 11.8. The Labute approximate surface area is 110 Å². The molecule has 0 aromatic carbocycles. The summed E-state index contributed by atoms with van der Waals surface area (Å²) in [4.78, 5) is 0. The average molecular weight is 448 g/mol.